The monoisotopic (exact) mass is 390 g/mol. The van der Waals surface area contributed by atoms with Gasteiger partial charge < -0.3 is 14.6 Å². The van der Waals surface area contributed by atoms with Crippen LogP contribution in [0.15, 0.2) is 45.6 Å². The average molecular weight is 390 g/mol. The summed E-state index contributed by atoms with van der Waals surface area (Å²) in [7, 11) is 0. The fraction of sp³-hybridized carbons (Fsp3) is 0.174. The summed E-state index contributed by atoms with van der Waals surface area (Å²) in [6.45, 7) is 3.23. The number of fused-ring (bicyclic) bond motifs is 4. The van der Waals surface area contributed by atoms with E-state index in [-0.39, 0.29) is 50.3 Å². The maximum absolute atomic E-state index is 13.3. The molecule has 1 heterocycles. The van der Waals surface area contributed by atoms with E-state index in [4.69, 9.17) is 4.42 Å². The highest BCUT2D eigenvalue weighted by molar-refractivity contribution is 6.32. The summed E-state index contributed by atoms with van der Waals surface area (Å²) in [5.74, 6) is -1.10. The van der Waals surface area contributed by atoms with Crippen LogP contribution in [0.25, 0.3) is 16.5 Å². The molecule has 0 amide bonds. The summed E-state index contributed by atoms with van der Waals surface area (Å²) in [6, 6.07) is 6.94. The van der Waals surface area contributed by atoms with Crippen molar-refractivity contribution < 1.29 is 24.2 Å². The van der Waals surface area contributed by atoms with Gasteiger partial charge in [-0.3, -0.25) is 14.4 Å². The Balaban J connectivity index is 2.16. The molecule has 0 fully saturated rings. The molecule has 0 radical (unpaired) electrons. The van der Waals surface area contributed by atoms with Crippen LogP contribution < -0.4 is 5.43 Å². The number of carbonyl (C=O) groups excluding carboxylic acids is 2. The molecule has 0 atom stereocenters. The topological polar surface area (TPSA) is 105 Å². The van der Waals surface area contributed by atoms with E-state index in [1.54, 1.807) is 6.92 Å². The van der Waals surface area contributed by atoms with Gasteiger partial charge in [-0.15, -0.1) is 0 Å². The van der Waals surface area contributed by atoms with Gasteiger partial charge >= 0.3 is 0 Å². The molecule has 29 heavy (non-hydrogen) atoms. The van der Waals surface area contributed by atoms with E-state index in [1.807, 2.05) is 13.0 Å². The first-order valence-corrected chi connectivity index (χ1v) is 9.22. The first kappa shape index (κ1) is 18.8. The number of aliphatic hydroxyl groups excluding tert-OH is 1. The summed E-state index contributed by atoms with van der Waals surface area (Å²) in [5, 5.41) is 20.0. The highest BCUT2D eigenvalue weighted by Crippen LogP contribution is 2.37. The van der Waals surface area contributed by atoms with Crippen molar-refractivity contribution in [1.82, 2.24) is 0 Å². The van der Waals surface area contributed by atoms with Crippen LogP contribution in [-0.2, 0) is 6.61 Å². The van der Waals surface area contributed by atoms with Crippen molar-refractivity contribution in [2.75, 3.05) is 0 Å². The van der Waals surface area contributed by atoms with Crippen LogP contribution in [0.2, 0.25) is 0 Å². The Bertz CT molecular complexity index is 1290. The van der Waals surface area contributed by atoms with E-state index in [9.17, 15) is 24.6 Å². The maximum Gasteiger partial charge on any atom is 0.202 e. The third-order valence-electron chi connectivity index (χ3n) is 5.14. The molecule has 2 N–H and O–H groups in total. The summed E-state index contributed by atoms with van der Waals surface area (Å²) in [6.07, 6.45) is 2.60. The first-order valence-electron chi connectivity index (χ1n) is 9.22. The zero-order chi connectivity index (χ0) is 20.9. The quantitative estimate of drug-likeness (QED) is 0.554. The Morgan fingerprint density at radius 3 is 2.52 bits per heavy atom. The van der Waals surface area contributed by atoms with Crippen LogP contribution >= 0.6 is 0 Å². The van der Waals surface area contributed by atoms with Gasteiger partial charge in [0.15, 0.2) is 16.8 Å². The first-order chi connectivity index (χ1) is 13.9. The molecule has 0 bridgehead atoms. The van der Waals surface area contributed by atoms with Crippen molar-refractivity contribution in [2.24, 2.45) is 0 Å². The molecule has 1 aliphatic rings. The number of rotatable bonds is 3. The van der Waals surface area contributed by atoms with Crippen molar-refractivity contribution in [2.45, 2.75) is 26.9 Å². The van der Waals surface area contributed by atoms with Crippen molar-refractivity contribution in [3.8, 4) is 5.75 Å². The minimum Gasteiger partial charge on any atom is -0.507 e. The molecular weight excluding hydrogens is 372 g/mol. The van der Waals surface area contributed by atoms with Gasteiger partial charge in [0, 0.05) is 17.2 Å². The Hall–Kier alpha value is -3.51. The Labute approximate surface area is 165 Å². The largest absolute Gasteiger partial charge is 0.507 e. The lowest BCUT2D eigenvalue weighted by Crippen LogP contribution is -2.23. The molecule has 0 spiro atoms. The minimum atomic E-state index is -0.598. The summed E-state index contributed by atoms with van der Waals surface area (Å²) < 4.78 is 5.94. The van der Waals surface area contributed by atoms with Crippen molar-refractivity contribution in [3.63, 3.8) is 0 Å². The fourth-order valence-electron chi connectivity index (χ4n) is 3.78. The predicted molar refractivity (Wildman–Crippen MR) is 107 cm³/mol. The third kappa shape index (κ3) is 2.72. The number of hydrogen-bond acceptors (Lipinski definition) is 6. The van der Waals surface area contributed by atoms with Crippen LogP contribution in [0.1, 0.15) is 63.4 Å². The van der Waals surface area contributed by atoms with Crippen molar-refractivity contribution in [1.29, 1.82) is 0 Å². The molecular formula is C23H18O6. The summed E-state index contributed by atoms with van der Waals surface area (Å²) >= 11 is 0. The van der Waals surface area contributed by atoms with E-state index >= 15 is 0 Å². The minimum absolute atomic E-state index is 0.0436. The highest BCUT2D eigenvalue weighted by atomic mass is 16.3. The second kappa shape index (κ2) is 6.83. The lowest BCUT2D eigenvalue weighted by atomic mass is 9.81. The van der Waals surface area contributed by atoms with E-state index in [1.165, 1.54) is 30.3 Å². The third-order valence-corrected chi connectivity index (χ3v) is 5.14. The number of phenols is 1. The van der Waals surface area contributed by atoms with Gasteiger partial charge in [0.2, 0.25) is 5.78 Å². The number of carbonyl (C=O) groups is 2. The molecule has 0 saturated carbocycles. The fourth-order valence-corrected chi connectivity index (χ4v) is 3.78. The number of benzene rings is 2. The van der Waals surface area contributed by atoms with E-state index < -0.39 is 23.6 Å². The van der Waals surface area contributed by atoms with Gasteiger partial charge in [0.25, 0.3) is 0 Å². The predicted octanol–water partition coefficient (Wildman–Crippen LogP) is 3.58. The maximum atomic E-state index is 13.3. The van der Waals surface area contributed by atoms with Gasteiger partial charge in [-0.1, -0.05) is 25.1 Å². The Morgan fingerprint density at radius 2 is 1.83 bits per heavy atom. The summed E-state index contributed by atoms with van der Waals surface area (Å²) in [5.41, 5.74) is 0.392. The SMILES string of the molecule is CC/C=C(/C)c1cc(=O)c2c(CO)cc3c(c2o1)C(=O)c1c(O)cccc1C3=O. The Morgan fingerprint density at radius 1 is 1.07 bits per heavy atom. The molecule has 6 nitrogen and oxygen atoms in total. The zero-order valence-electron chi connectivity index (χ0n) is 15.9. The molecule has 6 heteroatoms. The zero-order valence-corrected chi connectivity index (χ0v) is 15.9. The molecule has 3 aromatic rings. The number of hydrogen-bond donors (Lipinski definition) is 2. The lowest BCUT2D eigenvalue weighted by molar-refractivity contribution is 0.0977. The van der Waals surface area contributed by atoms with Crippen molar-refractivity contribution >= 4 is 28.1 Å². The van der Waals surface area contributed by atoms with Crippen molar-refractivity contribution in [3.05, 3.63) is 80.2 Å². The van der Waals surface area contributed by atoms with E-state index in [2.05, 4.69) is 0 Å². The molecule has 0 saturated heterocycles. The molecule has 0 unspecified atom stereocenters. The van der Waals surface area contributed by atoms with Crippen LogP contribution in [0.5, 0.6) is 5.75 Å². The molecule has 146 valence electrons. The van der Waals surface area contributed by atoms with Crippen LogP contribution in [0.3, 0.4) is 0 Å². The smallest absolute Gasteiger partial charge is 0.202 e. The summed E-state index contributed by atoms with van der Waals surface area (Å²) in [4.78, 5) is 39.1. The van der Waals surface area contributed by atoms with E-state index in [0.29, 0.717) is 5.57 Å². The van der Waals surface area contributed by atoms with Crippen LogP contribution in [0, 0.1) is 0 Å². The van der Waals surface area contributed by atoms with E-state index in [0.717, 1.165) is 6.42 Å². The standard InChI is InChI=1S/C23H18O6/c1-3-5-11(2)17-9-16(26)18-12(10-24)8-14-20(23(18)29-17)22(28)19-13(21(14)27)6-4-7-15(19)25/h4-9,24-25H,3,10H2,1-2H3/b11-5-. The molecule has 1 aromatic heterocycles. The van der Waals surface area contributed by atoms with Gasteiger partial charge in [0.05, 0.1) is 23.1 Å². The molecule has 4 rings (SSSR count). The molecule has 2 aromatic carbocycles. The molecule has 1 aliphatic carbocycles. The second-order valence-electron chi connectivity index (χ2n) is 6.95. The number of aromatic hydroxyl groups is 1. The Kier molecular flexibility index (Phi) is 4.43. The van der Waals surface area contributed by atoms with Gasteiger partial charge in [-0.25, -0.2) is 0 Å². The van der Waals surface area contributed by atoms with Gasteiger partial charge in [-0.2, -0.15) is 0 Å². The van der Waals surface area contributed by atoms with Crippen LogP contribution in [-0.4, -0.2) is 21.8 Å². The number of aliphatic hydroxyl groups is 1. The van der Waals surface area contributed by atoms with Crippen LogP contribution in [0.4, 0.5) is 0 Å². The van der Waals surface area contributed by atoms with Gasteiger partial charge in [-0.05, 0) is 36.6 Å². The number of allylic oxidation sites excluding steroid dienone is 2. The number of phenolic OH excluding ortho intramolecular Hbond substituents is 1. The number of ketones is 2. The van der Waals surface area contributed by atoms with Gasteiger partial charge in [0.1, 0.15) is 11.5 Å². The highest BCUT2D eigenvalue weighted by Gasteiger charge is 2.35. The lowest BCUT2D eigenvalue weighted by Gasteiger charge is -2.20. The molecule has 0 aliphatic heterocycles. The second-order valence-corrected chi connectivity index (χ2v) is 6.95. The average Bonchev–Trinajstić information content (AvgIpc) is 2.70. The normalized spacial score (nSPS) is 13.6.